The van der Waals surface area contributed by atoms with Gasteiger partial charge in [-0.1, -0.05) is 13.0 Å². The van der Waals surface area contributed by atoms with Gasteiger partial charge in [-0.25, -0.2) is 0 Å². The van der Waals surface area contributed by atoms with Gasteiger partial charge in [0.15, 0.2) is 0 Å². The average molecular weight is 249 g/mol. The molecular weight excluding hydrogens is 230 g/mol. The van der Waals surface area contributed by atoms with E-state index in [0.29, 0.717) is 12.5 Å². The van der Waals surface area contributed by atoms with Crippen LogP contribution in [0.1, 0.15) is 37.0 Å². The molecule has 0 bridgehead atoms. The molecule has 4 heteroatoms. The first kappa shape index (κ1) is 12.7. The van der Waals surface area contributed by atoms with E-state index in [9.17, 15) is 15.0 Å². The van der Waals surface area contributed by atoms with E-state index in [1.807, 2.05) is 6.92 Å². The zero-order valence-corrected chi connectivity index (χ0v) is 10.8. The monoisotopic (exact) mass is 249 g/mol. The van der Waals surface area contributed by atoms with Gasteiger partial charge in [0.05, 0.1) is 0 Å². The van der Waals surface area contributed by atoms with Gasteiger partial charge in [0, 0.05) is 12.6 Å². The molecule has 2 rings (SSSR count). The SMILES string of the molecule is CC1CCCN(C(=O)c2c(O)cccc2O)C1C. The number of nitrogens with zero attached hydrogens (tertiary/aromatic N) is 1. The van der Waals surface area contributed by atoms with Crippen LogP contribution in [-0.2, 0) is 0 Å². The zero-order valence-electron chi connectivity index (χ0n) is 10.8. The predicted octanol–water partition coefficient (Wildman–Crippen LogP) is 2.36. The molecule has 98 valence electrons. The third-order valence-corrected chi connectivity index (χ3v) is 3.87. The summed E-state index contributed by atoms with van der Waals surface area (Å²) in [6.45, 7) is 4.81. The molecule has 0 saturated carbocycles. The van der Waals surface area contributed by atoms with Crippen molar-refractivity contribution in [2.45, 2.75) is 32.7 Å². The first-order valence-electron chi connectivity index (χ1n) is 6.34. The summed E-state index contributed by atoms with van der Waals surface area (Å²) in [5.41, 5.74) is 0.0125. The van der Waals surface area contributed by atoms with Crippen molar-refractivity contribution >= 4 is 5.91 Å². The van der Waals surface area contributed by atoms with Gasteiger partial charge in [0.25, 0.3) is 5.91 Å². The summed E-state index contributed by atoms with van der Waals surface area (Å²) in [7, 11) is 0. The van der Waals surface area contributed by atoms with Gasteiger partial charge in [-0.2, -0.15) is 0 Å². The lowest BCUT2D eigenvalue weighted by atomic mass is 9.91. The number of amides is 1. The highest BCUT2D eigenvalue weighted by molar-refractivity contribution is 5.99. The Balaban J connectivity index is 2.31. The zero-order chi connectivity index (χ0) is 13.3. The molecule has 1 saturated heterocycles. The maximum absolute atomic E-state index is 12.4. The van der Waals surface area contributed by atoms with Crippen molar-refractivity contribution in [1.29, 1.82) is 0 Å². The quantitative estimate of drug-likeness (QED) is 0.803. The fraction of sp³-hybridized carbons (Fsp3) is 0.500. The topological polar surface area (TPSA) is 60.8 Å². The van der Waals surface area contributed by atoms with Crippen LogP contribution in [0.4, 0.5) is 0 Å². The molecule has 1 aliphatic heterocycles. The second kappa shape index (κ2) is 4.88. The van der Waals surface area contributed by atoms with Crippen LogP contribution in [0, 0.1) is 5.92 Å². The molecule has 2 N–H and O–H groups in total. The highest BCUT2D eigenvalue weighted by atomic mass is 16.3. The molecule has 1 aromatic carbocycles. The highest BCUT2D eigenvalue weighted by Gasteiger charge is 2.31. The summed E-state index contributed by atoms with van der Waals surface area (Å²) in [6.07, 6.45) is 2.07. The van der Waals surface area contributed by atoms with E-state index in [4.69, 9.17) is 0 Å². The lowest BCUT2D eigenvalue weighted by molar-refractivity contribution is 0.0545. The van der Waals surface area contributed by atoms with E-state index in [1.165, 1.54) is 18.2 Å². The van der Waals surface area contributed by atoms with E-state index < -0.39 is 0 Å². The Labute approximate surface area is 107 Å². The number of benzene rings is 1. The molecule has 0 spiro atoms. The van der Waals surface area contributed by atoms with Crippen molar-refractivity contribution in [3.8, 4) is 11.5 Å². The number of rotatable bonds is 1. The third-order valence-electron chi connectivity index (χ3n) is 3.87. The number of phenolic OH excluding ortho intramolecular Hbond substituents is 2. The first-order chi connectivity index (χ1) is 8.52. The normalized spacial score (nSPS) is 24.0. The van der Waals surface area contributed by atoms with Gasteiger partial charge in [-0.3, -0.25) is 4.79 Å². The summed E-state index contributed by atoms with van der Waals surface area (Å²) in [5, 5.41) is 19.5. The van der Waals surface area contributed by atoms with Gasteiger partial charge >= 0.3 is 0 Å². The Morgan fingerprint density at radius 2 is 1.89 bits per heavy atom. The summed E-state index contributed by atoms with van der Waals surface area (Å²) >= 11 is 0. The van der Waals surface area contributed by atoms with Gasteiger partial charge in [0.1, 0.15) is 17.1 Å². The lowest BCUT2D eigenvalue weighted by Crippen LogP contribution is -2.46. The Morgan fingerprint density at radius 1 is 1.28 bits per heavy atom. The van der Waals surface area contributed by atoms with Crippen LogP contribution in [-0.4, -0.2) is 33.6 Å². The van der Waals surface area contributed by atoms with E-state index in [-0.39, 0.29) is 29.0 Å². The molecule has 1 aromatic rings. The second-order valence-corrected chi connectivity index (χ2v) is 5.03. The molecule has 1 heterocycles. The molecule has 1 fully saturated rings. The number of phenols is 2. The van der Waals surface area contributed by atoms with Crippen molar-refractivity contribution in [1.82, 2.24) is 4.90 Å². The van der Waals surface area contributed by atoms with Crippen LogP contribution in [0.3, 0.4) is 0 Å². The van der Waals surface area contributed by atoms with Gasteiger partial charge in [0.2, 0.25) is 0 Å². The first-order valence-corrected chi connectivity index (χ1v) is 6.34. The van der Waals surface area contributed by atoms with Crippen LogP contribution in [0.15, 0.2) is 18.2 Å². The summed E-state index contributed by atoms with van der Waals surface area (Å²) < 4.78 is 0. The highest BCUT2D eigenvalue weighted by Crippen LogP contribution is 2.31. The number of carbonyl (C=O) groups excluding carboxylic acids is 1. The molecule has 0 aliphatic carbocycles. The second-order valence-electron chi connectivity index (χ2n) is 5.03. The molecule has 0 radical (unpaired) electrons. The average Bonchev–Trinajstić information content (AvgIpc) is 2.32. The summed E-state index contributed by atoms with van der Waals surface area (Å²) in [4.78, 5) is 14.1. The smallest absolute Gasteiger partial charge is 0.261 e. The minimum atomic E-state index is -0.287. The maximum Gasteiger partial charge on any atom is 0.261 e. The summed E-state index contributed by atoms with van der Waals surface area (Å²) in [5.74, 6) is -0.170. The third kappa shape index (κ3) is 2.15. The van der Waals surface area contributed by atoms with Crippen molar-refractivity contribution in [2.75, 3.05) is 6.54 Å². The van der Waals surface area contributed by atoms with E-state index in [1.54, 1.807) is 4.90 Å². The number of piperidine rings is 1. The maximum atomic E-state index is 12.4. The van der Waals surface area contributed by atoms with Crippen molar-refractivity contribution in [3.63, 3.8) is 0 Å². The number of likely N-dealkylation sites (tertiary alicyclic amines) is 1. The van der Waals surface area contributed by atoms with Gasteiger partial charge < -0.3 is 15.1 Å². The fourth-order valence-electron chi connectivity index (χ4n) is 2.51. The fourth-order valence-corrected chi connectivity index (χ4v) is 2.51. The van der Waals surface area contributed by atoms with E-state index in [0.717, 1.165) is 12.8 Å². The van der Waals surface area contributed by atoms with Crippen LogP contribution in [0.2, 0.25) is 0 Å². The molecular formula is C14H19NO3. The van der Waals surface area contributed by atoms with E-state index in [2.05, 4.69) is 6.92 Å². The predicted molar refractivity (Wildman–Crippen MR) is 68.7 cm³/mol. The Kier molecular flexibility index (Phi) is 3.45. The molecule has 0 aromatic heterocycles. The Hall–Kier alpha value is -1.71. The molecule has 2 unspecified atom stereocenters. The lowest BCUT2D eigenvalue weighted by Gasteiger charge is -2.38. The number of hydrogen-bond acceptors (Lipinski definition) is 3. The van der Waals surface area contributed by atoms with E-state index >= 15 is 0 Å². The van der Waals surface area contributed by atoms with Crippen molar-refractivity contribution < 1.29 is 15.0 Å². The molecule has 2 atom stereocenters. The Morgan fingerprint density at radius 3 is 2.50 bits per heavy atom. The standard InChI is InChI=1S/C14H19NO3/c1-9-5-4-8-15(10(9)2)14(18)13-11(16)6-3-7-12(13)17/h3,6-7,9-10,16-17H,4-5,8H2,1-2H3. The van der Waals surface area contributed by atoms with Crippen LogP contribution in [0.5, 0.6) is 11.5 Å². The Bertz CT molecular complexity index is 438. The number of hydrogen-bond donors (Lipinski definition) is 2. The molecule has 1 amide bonds. The van der Waals surface area contributed by atoms with Gasteiger partial charge in [-0.05, 0) is 37.8 Å². The minimum absolute atomic E-state index is 0.0125. The molecule has 4 nitrogen and oxygen atoms in total. The van der Waals surface area contributed by atoms with Crippen LogP contribution >= 0.6 is 0 Å². The molecule has 1 aliphatic rings. The molecule has 18 heavy (non-hydrogen) atoms. The van der Waals surface area contributed by atoms with Crippen molar-refractivity contribution in [3.05, 3.63) is 23.8 Å². The van der Waals surface area contributed by atoms with Crippen LogP contribution in [0.25, 0.3) is 0 Å². The minimum Gasteiger partial charge on any atom is -0.507 e. The van der Waals surface area contributed by atoms with Gasteiger partial charge in [-0.15, -0.1) is 0 Å². The van der Waals surface area contributed by atoms with Crippen LogP contribution < -0.4 is 0 Å². The van der Waals surface area contributed by atoms with Crippen molar-refractivity contribution in [2.24, 2.45) is 5.92 Å². The summed E-state index contributed by atoms with van der Waals surface area (Å²) in [6, 6.07) is 4.49. The largest absolute Gasteiger partial charge is 0.507 e. The number of carbonyl (C=O) groups is 1. The number of aromatic hydroxyl groups is 2.